The fraction of sp³-hybridized carbons (Fsp3) is 0.333. The van der Waals surface area contributed by atoms with Crippen LogP contribution in [0.1, 0.15) is 89.9 Å². The van der Waals surface area contributed by atoms with E-state index in [1.54, 1.807) is 72.0 Å². The van der Waals surface area contributed by atoms with Gasteiger partial charge in [-0.15, -0.1) is 18.7 Å². The van der Waals surface area contributed by atoms with Crippen LogP contribution in [0.15, 0.2) is 48.5 Å². The van der Waals surface area contributed by atoms with Crippen LogP contribution in [-0.2, 0) is 47.4 Å². The van der Waals surface area contributed by atoms with E-state index in [4.69, 9.17) is 25.9 Å². The molecule has 6 rings (SSSR count). The molecule has 2 aromatic heterocycles. The van der Waals surface area contributed by atoms with Crippen LogP contribution in [0.5, 0.6) is 0 Å². The van der Waals surface area contributed by atoms with E-state index in [1.807, 2.05) is 0 Å². The third-order valence-corrected chi connectivity index (χ3v) is 8.98. The highest BCUT2D eigenvalue weighted by Gasteiger charge is 2.43. The molecule has 0 radical (unpaired) electrons. The third kappa shape index (κ3) is 8.45. The molecule has 0 atom stereocenters. The van der Waals surface area contributed by atoms with Crippen molar-refractivity contribution < 1.29 is 80.8 Å². The van der Waals surface area contributed by atoms with Gasteiger partial charge in [0, 0.05) is 22.3 Å². The zero-order valence-electron chi connectivity index (χ0n) is 27.7. The second kappa shape index (κ2) is 15.3. The lowest BCUT2D eigenvalue weighted by molar-refractivity contribution is -0.733. The van der Waals surface area contributed by atoms with Gasteiger partial charge in [0.2, 0.25) is 45.9 Å². The largest absolute Gasteiger partial charge is 0.741 e. The number of fused-ring (bicyclic) bond motifs is 4. The van der Waals surface area contributed by atoms with Crippen LogP contribution < -0.4 is 9.36 Å². The first-order valence-electron chi connectivity index (χ1n) is 15.2. The number of nitrogens with zero attached hydrogens (tertiary/aromatic N) is 6. The van der Waals surface area contributed by atoms with E-state index in [-0.39, 0.29) is 23.1 Å². The number of carbonyl (C=O) groups excluding carboxylic acids is 4. The van der Waals surface area contributed by atoms with Crippen molar-refractivity contribution in [2.45, 2.75) is 49.8 Å². The average molecular weight is 809 g/mol. The van der Waals surface area contributed by atoms with Crippen LogP contribution in [0.4, 0.5) is 26.3 Å². The molecule has 2 aromatic carbocycles. The van der Waals surface area contributed by atoms with Crippen molar-refractivity contribution in [3.05, 3.63) is 93.6 Å². The van der Waals surface area contributed by atoms with Crippen LogP contribution in [0.25, 0.3) is 0 Å². The molecule has 0 saturated carbocycles. The van der Waals surface area contributed by atoms with Gasteiger partial charge in [-0.1, -0.05) is 48.5 Å². The second-order valence-corrected chi connectivity index (χ2v) is 14.2. The zero-order valence-corrected chi connectivity index (χ0v) is 29.3. The molecule has 290 valence electrons. The van der Waals surface area contributed by atoms with Crippen molar-refractivity contribution in [1.29, 1.82) is 0 Å². The number of ketones is 4. The highest BCUT2D eigenvalue weighted by atomic mass is 32.2. The number of aryl methyl sites for hydroxylation is 4. The van der Waals surface area contributed by atoms with Crippen LogP contribution in [0, 0.1) is 0 Å². The van der Waals surface area contributed by atoms with Gasteiger partial charge in [-0.25, -0.2) is 16.8 Å². The molecule has 2 aliphatic rings. The average Bonchev–Trinajstić information content (AvgIpc) is 3.58. The summed E-state index contributed by atoms with van der Waals surface area (Å²) in [6.45, 7) is 1.03. The number of carbonyl (C=O) groups is 4. The summed E-state index contributed by atoms with van der Waals surface area (Å²) in [5.74, 6) is -0.730. The summed E-state index contributed by atoms with van der Waals surface area (Å²) >= 11 is 0. The fourth-order valence-corrected chi connectivity index (χ4v) is 5.47. The van der Waals surface area contributed by atoms with E-state index in [9.17, 15) is 45.5 Å². The number of alkyl halides is 6. The van der Waals surface area contributed by atoms with E-state index < -0.39 is 31.3 Å². The molecule has 0 amide bonds. The lowest BCUT2D eigenvalue weighted by atomic mass is 9.90. The fourth-order valence-electron chi connectivity index (χ4n) is 5.47. The third-order valence-electron chi connectivity index (χ3n) is 7.85. The highest BCUT2D eigenvalue weighted by molar-refractivity contribution is 7.86. The second-order valence-electron chi connectivity index (χ2n) is 11.5. The Hall–Kier alpha value is -5.20. The maximum Gasteiger partial charge on any atom is 0.485 e. The molecule has 2 heterocycles. The van der Waals surface area contributed by atoms with Crippen molar-refractivity contribution in [2.24, 2.45) is 14.1 Å². The zero-order chi connectivity index (χ0) is 40.6. The van der Waals surface area contributed by atoms with Crippen LogP contribution in [0.2, 0.25) is 0 Å². The van der Waals surface area contributed by atoms with Gasteiger partial charge in [0.15, 0.2) is 20.2 Å². The molecule has 0 aliphatic heterocycles. The Morgan fingerprint density at radius 3 is 1.07 bits per heavy atom. The van der Waals surface area contributed by atoms with Gasteiger partial charge in [-0.2, -0.15) is 26.3 Å². The summed E-state index contributed by atoms with van der Waals surface area (Å²) < 4.78 is 124. The Kier molecular flexibility index (Phi) is 11.8. The normalized spacial score (nSPS) is 13.9. The molecule has 24 heteroatoms. The molecule has 0 N–H and O–H groups in total. The van der Waals surface area contributed by atoms with E-state index in [1.165, 1.54) is 9.36 Å². The highest BCUT2D eigenvalue weighted by Crippen LogP contribution is 2.27. The van der Waals surface area contributed by atoms with E-state index in [0.29, 0.717) is 58.1 Å². The SMILES string of the molecule is C[n+]1nn(CCCCCCn2n[n+](C)c3c2C(=O)c2ccccc2C3=O)c2c1C(=O)c1ccccc1C2=O.O=S(=O)([O-])C(F)(F)F.O=S(=O)([O-])C(F)(F)F. The minimum absolute atomic E-state index is 0.180. The van der Waals surface area contributed by atoms with Gasteiger partial charge >= 0.3 is 11.0 Å². The molecule has 16 nitrogen and oxygen atoms in total. The summed E-state index contributed by atoms with van der Waals surface area (Å²) in [5.41, 5.74) is -8.30. The number of unbranched alkanes of at least 4 members (excludes halogenated alkanes) is 3. The number of benzene rings is 2. The standard InChI is InChI=1S/C28H26N6O4.2CHF3O3S/c1-31-21-23(27(37)19-13-7-5-11-17(19)25(21)35)33(29-31)15-9-3-4-10-16-34-24-22(32(2)30-34)26(36)18-12-6-8-14-20(18)28(24)38;2*2-1(3,4)8(5,6)7/h5-8,11-14H,3-4,9-10,15-16H2,1-2H3;2*(H,5,6,7)/q+2;;/p-2. The van der Waals surface area contributed by atoms with E-state index in [2.05, 4.69) is 10.4 Å². The minimum Gasteiger partial charge on any atom is -0.741 e. The number of halogens is 6. The quantitative estimate of drug-likeness (QED) is 0.0738. The first kappa shape index (κ1) is 41.6. The topological polar surface area (TPSA) is 226 Å². The van der Waals surface area contributed by atoms with E-state index in [0.717, 1.165) is 25.7 Å². The molecule has 0 spiro atoms. The Bertz CT molecular complexity index is 2220. The summed E-state index contributed by atoms with van der Waals surface area (Å²) in [6.07, 6.45) is 3.27. The van der Waals surface area contributed by atoms with Crippen molar-refractivity contribution in [1.82, 2.24) is 19.8 Å². The van der Waals surface area contributed by atoms with E-state index >= 15 is 0 Å². The van der Waals surface area contributed by atoms with Crippen molar-refractivity contribution in [3.63, 3.8) is 0 Å². The Labute approximate surface area is 301 Å². The maximum absolute atomic E-state index is 13.1. The number of hydrogen-bond acceptors (Lipinski definition) is 12. The first-order chi connectivity index (χ1) is 24.9. The Morgan fingerprint density at radius 1 is 0.556 bits per heavy atom. The van der Waals surface area contributed by atoms with Gasteiger partial charge < -0.3 is 9.11 Å². The monoisotopic (exact) mass is 808 g/mol. The van der Waals surface area contributed by atoms with Gasteiger partial charge in [0.25, 0.3) is 0 Å². The van der Waals surface area contributed by atoms with Gasteiger partial charge in [-0.05, 0) is 25.7 Å². The smallest absolute Gasteiger partial charge is 0.485 e. The molecule has 54 heavy (non-hydrogen) atoms. The molecule has 0 unspecified atom stereocenters. The number of hydrogen-bond donors (Lipinski definition) is 0. The molecule has 0 fully saturated rings. The lowest BCUT2D eigenvalue weighted by Crippen LogP contribution is -2.39. The summed E-state index contributed by atoms with van der Waals surface area (Å²) in [5, 5.41) is 8.86. The van der Waals surface area contributed by atoms with Gasteiger partial charge in [-0.3, -0.25) is 19.2 Å². The predicted molar refractivity (Wildman–Crippen MR) is 163 cm³/mol. The summed E-state index contributed by atoms with van der Waals surface area (Å²) in [4.78, 5) is 52.2. The van der Waals surface area contributed by atoms with Gasteiger partial charge in [0.05, 0.1) is 10.4 Å². The summed E-state index contributed by atoms with van der Waals surface area (Å²) in [6, 6.07) is 13.7. The van der Waals surface area contributed by atoms with Crippen LogP contribution in [-0.4, -0.2) is 79.9 Å². The van der Waals surface area contributed by atoms with Crippen LogP contribution in [0.3, 0.4) is 0 Å². The molecule has 0 saturated heterocycles. The molecule has 4 aromatic rings. The Balaban J connectivity index is 0.000000341. The van der Waals surface area contributed by atoms with Crippen molar-refractivity contribution in [2.75, 3.05) is 0 Å². The summed E-state index contributed by atoms with van der Waals surface area (Å²) in [7, 11) is -8.81. The predicted octanol–water partition coefficient (Wildman–Crippen LogP) is 1.64. The number of rotatable bonds is 7. The van der Waals surface area contributed by atoms with Crippen molar-refractivity contribution >= 4 is 43.4 Å². The Morgan fingerprint density at radius 2 is 0.815 bits per heavy atom. The van der Waals surface area contributed by atoms with Gasteiger partial charge in [0.1, 0.15) is 27.2 Å². The lowest BCUT2D eigenvalue weighted by Gasteiger charge is -2.11. The molecular weight excluding hydrogens is 782 g/mol. The molecular formula is C30H26F6N6O10S2. The van der Waals surface area contributed by atoms with Crippen LogP contribution >= 0.6 is 0 Å². The van der Waals surface area contributed by atoms with Crippen molar-refractivity contribution in [3.8, 4) is 0 Å². The minimum atomic E-state index is -6.09. The molecule has 2 aliphatic carbocycles. The first-order valence-corrected chi connectivity index (χ1v) is 18.1. The molecule has 0 bridgehead atoms. The number of aromatic nitrogens is 6. The maximum atomic E-state index is 13.1.